The molecule has 4 heterocycles. The summed E-state index contributed by atoms with van der Waals surface area (Å²) in [5.41, 5.74) is 0.196. The van der Waals surface area contributed by atoms with Crippen molar-refractivity contribution in [3.8, 4) is 0 Å². The Bertz CT molecular complexity index is 677. The van der Waals surface area contributed by atoms with Crippen molar-refractivity contribution in [3.63, 3.8) is 0 Å². The molecule has 5 nitrogen and oxygen atoms in total. The number of nitrogens with zero attached hydrogens (tertiary/aromatic N) is 4. The van der Waals surface area contributed by atoms with E-state index in [0.717, 1.165) is 58.3 Å². The predicted molar refractivity (Wildman–Crippen MR) is 96.4 cm³/mol. The van der Waals surface area contributed by atoms with Gasteiger partial charge in [-0.3, -0.25) is 4.90 Å². The fourth-order valence-electron chi connectivity index (χ4n) is 3.81. The van der Waals surface area contributed by atoms with Gasteiger partial charge in [-0.1, -0.05) is 0 Å². The molecule has 4 rings (SSSR count). The van der Waals surface area contributed by atoms with Gasteiger partial charge in [0, 0.05) is 60.3 Å². The zero-order valence-corrected chi connectivity index (χ0v) is 15.0. The van der Waals surface area contributed by atoms with Crippen molar-refractivity contribution in [3.05, 3.63) is 40.3 Å². The normalized spacial score (nSPS) is 25.3. The van der Waals surface area contributed by atoms with Crippen molar-refractivity contribution in [2.24, 2.45) is 5.41 Å². The summed E-state index contributed by atoms with van der Waals surface area (Å²) in [6.07, 6.45) is 4.79. The smallest absolute Gasteiger partial charge is 0.225 e. The van der Waals surface area contributed by atoms with Crippen molar-refractivity contribution >= 4 is 17.3 Å². The zero-order valence-electron chi connectivity index (χ0n) is 14.1. The van der Waals surface area contributed by atoms with E-state index in [0.29, 0.717) is 0 Å². The highest BCUT2D eigenvalue weighted by Crippen LogP contribution is 2.35. The van der Waals surface area contributed by atoms with E-state index in [-0.39, 0.29) is 5.41 Å². The van der Waals surface area contributed by atoms with Crippen LogP contribution < -0.4 is 4.90 Å². The van der Waals surface area contributed by atoms with Crippen LogP contribution >= 0.6 is 11.3 Å². The maximum atomic E-state index is 5.98. The van der Waals surface area contributed by atoms with Gasteiger partial charge < -0.3 is 9.64 Å². The number of thiophene rings is 1. The minimum absolute atomic E-state index is 0.196. The van der Waals surface area contributed by atoms with E-state index in [1.165, 1.54) is 9.75 Å². The predicted octanol–water partition coefficient (Wildman–Crippen LogP) is 2.58. The molecule has 2 aliphatic rings. The number of hydrogen-bond acceptors (Lipinski definition) is 6. The molecule has 2 aliphatic heterocycles. The van der Waals surface area contributed by atoms with E-state index >= 15 is 0 Å². The number of rotatable bonds is 3. The van der Waals surface area contributed by atoms with Crippen molar-refractivity contribution in [2.45, 2.75) is 19.9 Å². The summed E-state index contributed by atoms with van der Waals surface area (Å²) in [5, 5.41) is 0. The highest BCUT2D eigenvalue weighted by atomic mass is 32.1. The van der Waals surface area contributed by atoms with E-state index in [2.05, 4.69) is 38.8 Å². The van der Waals surface area contributed by atoms with Crippen LogP contribution in [0.3, 0.4) is 0 Å². The van der Waals surface area contributed by atoms with Crippen molar-refractivity contribution < 1.29 is 4.74 Å². The molecule has 0 aliphatic carbocycles. The third kappa shape index (κ3) is 3.45. The van der Waals surface area contributed by atoms with Gasteiger partial charge in [-0.2, -0.15) is 0 Å². The first kappa shape index (κ1) is 16.0. The van der Waals surface area contributed by atoms with Crippen LogP contribution in [0.1, 0.15) is 16.2 Å². The molecule has 0 amide bonds. The summed E-state index contributed by atoms with van der Waals surface area (Å²) in [5.74, 6) is 0.846. The Morgan fingerprint density at radius 2 is 2.08 bits per heavy atom. The molecule has 0 saturated carbocycles. The Hall–Kier alpha value is -1.50. The quantitative estimate of drug-likeness (QED) is 0.856. The maximum absolute atomic E-state index is 5.98. The molecule has 2 fully saturated rings. The number of aromatic nitrogens is 2. The first-order valence-electron chi connectivity index (χ1n) is 8.60. The topological polar surface area (TPSA) is 41.5 Å². The van der Waals surface area contributed by atoms with Gasteiger partial charge in [-0.05, 0) is 31.5 Å². The lowest BCUT2D eigenvalue weighted by atomic mass is 9.87. The third-order valence-corrected chi connectivity index (χ3v) is 5.95. The summed E-state index contributed by atoms with van der Waals surface area (Å²) < 4.78 is 5.98. The lowest BCUT2D eigenvalue weighted by Crippen LogP contribution is -2.40. The third-order valence-electron chi connectivity index (χ3n) is 4.97. The molecule has 1 spiro atoms. The molecule has 0 aromatic carbocycles. The Kier molecular flexibility index (Phi) is 4.52. The van der Waals surface area contributed by atoms with Gasteiger partial charge >= 0.3 is 0 Å². The van der Waals surface area contributed by atoms with Gasteiger partial charge in [-0.25, -0.2) is 9.97 Å². The summed E-state index contributed by atoms with van der Waals surface area (Å²) in [7, 11) is 0. The average Bonchev–Trinajstić information content (AvgIpc) is 3.13. The standard InChI is InChI=1S/C18H24N4OS/c1-15-3-4-16(24-15)11-21-9-10-23-14-18(12-21)5-8-22(13-18)17-19-6-2-7-20-17/h2-4,6-7H,5,8-14H2,1H3/t18-/m0/s1. The minimum Gasteiger partial charge on any atom is -0.379 e. The van der Waals surface area contributed by atoms with Crippen LogP contribution in [-0.2, 0) is 11.3 Å². The van der Waals surface area contributed by atoms with Crippen LogP contribution in [0.5, 0.6) is 0 Å². The SMILES string of the molecule is Cc1ccc(CN2CCOC[C@@]3(CCN(c4ncccn4)C3)C2)s1. The Balaban J connectivity index is 1.46. The highest BCUT2D eigenvalue weighted by molar-refractivity contribution is 7.11. The molecule has 6 heteroatoms. The maximum Gasteiger partial charge on any atom is 0.225 e. The van der Waals surface area contributed by atoms with Crippen molar-refractivity contribution in [1.29, 1.82) is 0 Å². The van der Waals surface area contributed by atoms with E-state index in [9.17, 15) is 0 Å². The van der Waals surface area contributed by atoms with E-state index in [1.54, 1.807) is 0 Å². The molecule has 1 atom stereocenters. The van der Waals surface area contributed by atoms with Gasteiger partial charge in [0.1, 0.15) is 0 Å². The molecule has 0 unspecified atom stereocenters. The molecule has 2 aromatic rings. The number of anilines is 1. The van der Waals surface area contributed by atoms with Gasteiger partial charge in [0.2, 0.25) is 5.95 Å². The van der Waals surface area contributed by atoms with Crippen LogP contribution in [-0.4, -0.2) is 54.3 Å². The van der Waals surface area contributed by atoms with Crippen LogP contribution in [0.15, 0.2) is 30.6 Å². The van der Waals surface area contributed by atoms with E-state index < -0.39 is 0 Å². The van der Waals surface area contributed by atoms with E-state index in [4.69, 9.17) is 4.74 Å². The van der Waals surface area contributed by atoms with Crippen LogP contribution in [0.2, 0.25) is 0 Å². The van der Waals surface area contributed by atoms with Gasteiger partial charge in [-0.15, -0.1) is 11.3 Å². The summed E-state index contributed by atoms with van der Waals surface area (Å²) in [6.45, 7) is 8.98. The molecule has 0 radical (unpaired) electrons. The minimum atomic E-state index is 0.196. The Morgan fingerprint density at radius 3 is 2.88 bits per heavy atom. The Morgan fingerprint density at radius 1 is 1.21 bits per heavy atom. The first-order valence-corrected chi connectivity index (χ1v) is 9.42. The van der Waals surface area contributed by atoms with Crippen LogP contribution in [0, 0.1) is 12.3 Å². The van der Waals surface area contributed by atoms with Gasteiger partial charge in [0.05, 0.1) is 13.2 Å². The molecule has 24 heavy (non-hydrogen) atoms. The second-order valence-electron chi connectivity index (χ2n) is 7.00. The molecular weight excluding hydrogens is 320 g/mol. The van der Waals surface area contributed by atoms with Gasteiger partial charge in [0.25, 0.3) is 0 Å². The van der Waals surface area contributed by atoms with E-state index in [1.807, 2.05) is 29.8 Å². The summed E-state index contributed by atoms with van der Waals surface area (Å²) in [4.78, 5) is 16.5. The van der Waals surface area contributed by atoms with Crippen molar-refractivity contribution in [2.75, 3.05) is 44.3 Å². The number of hydrogen-bond donors (Lipinski definition) is 0. The fraction of sp³-hybridized carbons (Fsp3) is 0.556. The molecule has 128 valence electrons. The van der Waals surface area contributed by atoms with Gasteiger partial charge in [0.15, 0.2) is 0 Å². The molecule has 0 N–H and O–H groups in total. The zero-order chi connectivity index (χ0) is 16.4. The molecule has 0 bridgehead atoms. The Labute approximate surface area is 147 Å². The number of ether oxygens (including phenoxy) is 1. The molecule has 2 saturated heterocycles. The van der Waals surface area contributed by atoms with Crippen molar-refractivity contribution in [1.82, 2.24) is 14.9 Å². The number of aryl methyl sites for hydroxylation is 1. The summed E-state index contributed by atoms with van der Waals surface area (Å²) >= 11 is 1.90. The second-order valence-corrected chi connectivity index (χ2v) is 8.37. The summed E-state index contributed by atoms with van der Waals surface area (Å²) in [6, 6.07) is 6.35. The molecular formula is C18H24N4OS. The van der Waals surface area contributed by atoms with Crippen LogP contribution in [0.25, 0.3) is 0 Å². The first-order chi connectivity index (χ1) is 11.7. The highest BCUT2D eigenvalue weighted by Gasteiger charge is 2.41. The van der Waals surface area contributed by atoms with Crippen LogP contribution in [0.4, 0.5) is 5.95 Å². The molecule has 2 aromatic heterocycles. The second kappa shape index (κ2) is 6.78. The largest absolute Gasteiger partial charge is 0.379 e. The average molecular weight is 344 g/mol. The lowest BCUT2D eigenvalue weighted by molar-refractivity contribution is 0.0798. The fourth-order valence-corrected chi connectivity index (χ4v) is 4.75. The monoisotopic (exact) mass is 344 g/mol. The lowest BCUT2D eigenvalue weighted by Gasteiger charge is -2.31.